The third-order valence-electron chi connectivity index (χ3n) is 6.85. The minimum atomic E-state index is -1.20. The van der Waals surface area contributed by atoms with E-state index < -0.39 is 41.3 Å². The van der Waals surface area contributed by atoms with Gasteiger partial charge in [0.2, 0.25) is 11.8 Å². The minimum Gasteiger partial charge on any atom is -0.456 e. The number of ether oxygens (including phenoxy) is 1. The summed E-state index contributed by atoms with van der Waals surface area (Å²) in [6.45, 7) is 7.52. The summed E-state index contributed by atoms with van der Waals surface area (Å²) in [5, 5.41) is 8.66. The highest BCUT2D eigenvalue weighted by Gasteiger charge is 2.41. The topological polar surface area (TPSA) is 127 Å². The highest BCUT2D eigenvalue weighted by molar-refractivity contribution is 8.14. The Balaban J connectivity index is 1.70. The molecule has 0 fully saturated rings. The van der Waals surface area contributed by atoms with Crippen molar-refractivity contribution in [1.82, 2.24) is 15.6 Å². The number of hydrogen-bond donors (Lipinski definition) is 2. The number of fused-ring (bicyclic) bond motifs is 4. The average molecular weight is 641 g/mol. The fourth-order valence-electron chi connectivity index (χ4n) is 4.31. The van der Waals surface area contributed by atoms with Crippen LogP contribution in [0.4, 0.5) is 4.39 Å². The number of hydrogen-bond acceptors (Lipinski definition) is 10. The number of halogens is 1. The number of amides is 2. The number of unbranched alkanes of at least 4 members (excludes halogenated alkanes) is 4. The lowest BCUT2D eigenvalue weighted by Crippen LogP contribution is -2.53. The zero-order valence-electron chi connectivity index (χ0n) is 24.7. The molecule has 2 aliphatic rings. The molecule has 232 valence electrons. The number of carbonyl (C=O) groups excluding carboxylic acids is 4. The molecule has 2 amide bonds. The van der Waals surface area contributed by atoms with Crippen LogP contribution in [0.5, 0.6) is 0 Å². The van der Waals surface area contributed by atoms with Crippen LogP contribution in [0.3, 0.4) is 0 Å². The molecular weight excluding hydrogens is 600 g/mol. The zero-order valence-corrected chi connectivity index (χ0v) is 27.2. The number of nitrogens with one attached hydrogen (secondary N) is 2. The number of aliphatic imine (C=N–C) groups is 1. The van der Waals surface area contributed by atoms with Crippen molar-refractivity contribution in [1.29, 1.82) is 0 Å². The Labute approximate surface area is 259 Å². The molecule has 0 aliphatic carbocycles. The number of carbonyl (C=O) groups is 4. The van der Waals surface area contributed by atoms with Crippen LogP contribution in [-0.2, 0) is 30.5 Å². The molecule has 3 rings (SSSR count). The summed E-state index contributed by atoms with van der Waals surface area (Å²) in [4.78, 5) is 60.6. The Morgan fingerprint density at radius 3 is 2.74 bits per heavy atom. The quantitative estimate of drug-likeness (QED) is 0.246. The number of aromatic nitrogens is 1. The first-order valence-electron chi connectivity index (χ1n) is 14.5. The van der Waals surface area contributed by atoms with Crippen LogP contribution in [0.2, 0.25) is 0 Å². The Hall–Kier alpha value is -2.25. The summed E-state index contributed by atoms with van der Waals surface area (Å²) in [7, 11) is 0. The van der Waals surface area contributed by atoms with Gasteiger partial charge in [-0.05, 0) is 25.3 Å². The van der Waals surface area contributed by atoms with Crippen molar-refractivity contribution < 1.29 is 28.3 Å². The second-order valence-electron chi connectivity index (χ2n) is 11.0. The molecule has 9 nitrogen and oxygen atoms in total. The van der Waals surface area contributed by atoms with Crippen molar-refractivity contribution >= 4 is 62.8 Å². The Morgan fingerprint density at radius 2 is 2.00 bits per heavy atom. The van der Waals surface area contributed by atoms with Crippen LogP contribution in [0.1, 0.15) is 89.8 Å². The molecule has 3 heterocycles. The summed E-state index contributed by atoms with van der Waals surface area (Å²) in [5.41, 5.74) is -0.466. The van der Waals surface area contributed by atoms with Crippen LogP contribution < -0.4 is 10.6 Å². The summed E-state index contributed by atoms with van der Waals surface area (Å²) >= 11 is 3.85. The van der Waals surface area contributed by atoms with Gasteiger partial charge in [0.15, 0.2) is 5.12 Å². The first-order chi connectivity index (χ1) is 20.0. The number of cyclic esters (lactones) is 1. The predicted octanol–water partition coefficient (Wildman–Crippen LogP) is 5.33. The van der Waals surface area contributed by atoms with E-state index in [4.69, 9.17) is 4.74 Å². The molecule has 4 bridgehead atoms. The molecule has 0 saturated carbocycles. The molecule has 1 aromatic heterocycles. The average Bonchev–Trinajstić information content (AvgIpc) is 3.57. The maximum Gasteiger partial charge on any atom is 0.329 e. The number of thiazole rings is 1. The Bertz CT molecular complexity index is 1190. The van der Waals surface area contributed by atoms with Crippen LogP contribution in [0, 0.1) is 5.92 Å². The van der Waals surface area contributed by atoms with E-state index in [-0.39, 0.29) is 36.2 Å². The standard InChI is InChI=1S/C29H41FN4O5S3/c1-5-6-7-8-9-10-24(36)40-12-11-19(30)13-20-14-22(35)31-15-23-32-21(16-41-23)26-34-29(4,17-42-26)28(38)33-25(18(2)3)27(37)39-20/h13,16,18,20,25H,5-12,14-15,17H2,1-4H3,(H,31,35)(H,33,38)/b19-13-/t20-,25+,29+/m1/s1. The van der Waals surface area contributed by atoms with Crippen molar-refractivity contribution in [3.05, 3.63) is 28.0 Å². The van der Waals surface area contributed by atoms with Crippen molar-refractivity contribution in [2.75, 3.05) is 11.5 Å². The number of allylic oxidation sites excluding steroid dienone is 1. The van der Waals surface area contributed by atoms with Gasteiger partial charge >= 0.3 is 5.97 Å². The molecule has 1 aromatic rings. The van der Waals surface area contributed by atoms with E-state index in [1.165, 1.54) is 23.1 Å². The van der Waals surface area contributed by atoms with E-state index >= 15 is 0 Å². The van der Waals surface area contributed by atoms with E-state index in [1.807, 2.05) is 5.38 Å². The van der Waals surface area contributed by atoms with Crippen LogP contribution in [0.15, 0.2) is 22.3 Å². The van der Waals surface area contributed by atoms with Gasteiger partial charge in [-0.25, -0.2) is 14.2 Å². The van der Waals surface area contributed by atoms with Crippen LogP contribution in [0.25, 0.3) is 0 Å². The monoisotopic (exact) mass is 640 g/mol. The highest BCUT2D eigenvalue weighted by atomic mass is 32.2. The van der Waals surface area contributed by atoms with E-state index in [2.05, 4.69) is 27.5 Å². The first kappa shape index (κ1) is 34.2. The van der Waals surface area contributed by atoms with Crippen LogP contribution in [-0.4, -0.2) is 62.1 Å². The largest absolute Gasteiger partial charge is 0.456 e. The van der Waals surface area contributed by atoms with E-state index in [0.717, 1.165) is 49.9 Å². The molecule has 2 aliphatic heterocycles. The molecule has 0 radical (unpaired) electrons. The molecule has 13 heteroatoms. The molecule has 0 unspecified atom stereocenters. The maximum absolute atomic E-state index is 15.0. The maximum atomic E-state index is 15.0. The van der Waals surface area contributed by atoms with Gasteiger partial charge in [-0.2, -0.15) is 0 Å². The number of nitrogens with zero attached hydrogens (tertiary/aromatic N) is 2. The second-order valence-corrected chi connectivity index (χ2v) is 14.1. The zero-order chi connectivity index (χ0) is 30.7. The predicted molar refractivity (Wildman–Crippen MR) is 167 cm³/mol. The van der Waals surface area contributed by atoms with Gasteiger partial charge in [0.1, 0.15) is 39.3 Å². The van der Waals surface area contributed by atoms with Crippen molar-refractivity contribution in [3.8, 4) is 0 Å². The summed E-state index contributed by atoms with van der Waals surface area (Å²) < 4.78 is 20.6. The summed E-state index contributed by atoms with van der Waals surface area (Å²) in [6, 6.07) is -1.02. The fraction of sp³-hybridized carbons (Fsp3) is 0.655. The highest BCUT2D eigenvalue weighted by Crippen LogP contribution is 2.32. The third kappa shape index (κ3) is 10.5. The number of rotatable bonds is 11. The van der Waals surface area contributed by atoms with Crippen molar-refractivity contribution in [3.63, 3.8) is 0 Å². The van der Waals surface area contributed by atoms with Gasteiger partial charge in [0.25, 0.3) is 0 Å². The molecule has 0 aromatic carbocycles. The van der Waals surface area contributed by atoms with Gasteiger partial charge in [0, 0.05) is 29.7 Å². The molecule has 3 atom stereocenters. The van der Waals surface area contributed by atoms with Crippen molar-refractivity contribution in [2.45, 2.75) is 103 Å². The first-order valence-corrected chi connectivity index (χ1v) is 17.3. The molecule has 2 N–H and O–H groups in total. The van der Waals surface area contributed by atoms with E-state index in [1.54, 1.807) is 20.8 Å². The summed E-state index contributed by atoms with van der Waals surface area (Å²) in [6.07, 6.45) is 5.29. The Kier molecular flexibility index (Phi) is 13.5. The fourth-order valence-corrected chi connectivity index (χ4v) is 7.05. The van der Waals surface area contributed by atoms with Gasteiger partial charge in [-0.15, -0.1) is 23.1 Å². The normalized spacial score (nSPS) is 23.8. The Morgan fingerprint density at radius 1 is 1.24 bits per heavy atom. The van der Waals surface area contributed by atoms with Gasteiger partial charge in [-0.3, -0.25) is 19.4 Å². The molecule has 42 heavy (non-hydrogen) atoms. The van der Waals surface area contributed by atoms with Crippen LogP contribution >= 0.6 is 34.9 Å². The minimum absolute atomic E-state index is 0.0292. The SMILES string of the molecule is CCCCCCCC(=O)SCC/C(F)=C/[C@@H]1CC(=O)NCc2nc(cs2)C2=N[C@@](C)(CS2)C(=O)N[C@@H](C(C)C)C(=O)O1. The van der Waals surface area contributed by atoms with Crippen molar-refractivity contribution in [2.24, 2.45) is 10.9 Å². The lowest BCUT2D eigenvalue weighted by Gasteiger charge is -2.27. The van der Waals surface area contributed by atoms with Gasteiger partial charge < -0.3 is 15.4 Å². The van der Waals surface area contributed by atoms with E-state index in [0.29, 0.717) is 27.9 Å². The molecule has 0 saturated heterocycles. The number of thioether (sulfide) groups is 2. The lowest BCUT2D eigenvalue weighted by atomic mass is 10.0. The van der Waals surface area contributed by atoms with Gasteiger partial charge in [-0.1, -0.05) is 58.2 Å². The molecular formula is C29H41FN4O5S3. The summed E-state index contributed by atoms with van der Waals surface area (Å²) in [5.74, 6) is -1.92. The third-order valence-corrected chi connectivity index (χ3v) is 9.91. The smallest absolute Gasteiger partial charge is 0.329 e. The number of esters is 1. The molecule has 0 spiro atoms. The lowest BCUT2D eigenvalue weighted by molar-refractivity contribution is -0.153. The second kappa shape index (κ2) is 16.6. The van der Waals surface area contributed by atoms with Gasteiger partial charge in [0.05, 0.1) is 13.0 Å². The van der Waals surface area contributed by atoms with E-state index in [9.17, 15) is 23.6 Å².